The lowest BCUT2D eigenvalue weighted by molar-refractivity contribution is 0.00244. The van der Waals surface area contributed by atoms with Crippen LogP contribution in [0.25, 0.3) is 0 Å². The summed E-state index contributed by atoms with van der Waals surface area (Å²) in [6.07, 6.45) is 5.50. The van der Waals surface area contributed by atoms with E-state index < -0.39 is 0 Å². The molecule has 1 amide bonds. The monoisotopic (exact) mass is 355 g/mol. The van der Waals surface area contributed by atoms with Crippen LogP contribution in [0.5, 0.6) is 0 Å². The molecule has 4 atom stereocenters. The molecular formula is C21H29N3O2. The number of carbonyl (C=O) groups excluding carboxylic acids is 1. The van der Waals surface area contributed by atoms with Crippen LogP contribution in [0.4, 0.5) is 0 Å². The van der Waals surface area contributed by atoms with Gasteiger partial charge in [0.05, 0.1) is 23.0 Å². The third-order valence-corrected chi connectivity index (χ3v) is 7.04. The first kappa shape index (κ1) is 16.7. The second kappa shape index (κ2) is 6.03. The lowest BCUT2D eigenvalue weighted by atomic mass is 9.73. The largest absolute Gasteiger partial charge is 0.370 e. The first-order valence-electron chi connectivity index (χ1n) is 10.2. The smallest absolute Gasteiger partial charge is 0.253 e. The van der Waals surface area contributed by atoms with Gasteiger partial charge in [0.15, 0.2) is 0 Å². The van der Waals surface area contributed by atoms with Crippen molar-refractivity contribution in [2.24, 2.45) is 17.8 Å². The zero-order valence-electron chi connectivity index (χ0n) is 15.8. The van der Waals surface area contributed by atoms with E-state index in [9.17, 15) is 4.79 Å². The van der Waals surface area contributed by atoms with Gasteiger partial charge in [0.2, 0.25) is 0 Å². The van der Waals surface area contributed by atoms with Crippen LogP contribution in [0.15, 0.2) is 12.1 Å². The summed E-state index contributed by atoms with van der Waals surface area (Å²) >= 11 is 0. The Kier molecular flexibility index (Phi) is 3.87. The van der Waals surface area contributed by atoms with Crippen LogP contribution in [0, 0.1) is 31.6 Å². The lowest BCUT2D eigenvalue weighted by Crippen LogP contribution is -2.42. The van der Waals surface area contributed by atoms with Gasteiger partial charge in [0.25, 0.3) is 5.91 Å². The van der Waals surface area contributed by atoms with Crippen molar-refractivity contribution in [1.82, 2.24) is 15.2 Å². The number of nitrogens with one attached hydrogen (secondary N) is 1. The Morgan fingerprint density at radius 2 is 2.19 bits per heavy atom. The van der Waals surface area contributed by atoms with Gasteiger partial charge in [-0.3, -0.25) is 14.7 Å². The van der Waals surface area contributed by atoms with Gasteiger partial charge in [0, 0.05) is 43.7 Å². The Balaban J connectivity index is 1.25. The molecule has 1 aliphatic carbocycles. The standard InChI is InChI=1S/C21H29N3O2/c1-13-3-6-16(14(2)23-13)20(25)22-9-17-18-11-24(10-15-4-5-15)12-21(18)8-7-19(17)26-21/h3,6,15,17-19H,4-5,7-12H2,1-2H3,(H,22,25)/t17-,18+,19+,21+/m0/s1. The number of aryl methyl sites for hydroxylation is 2. The number of carbonyl (C=O) groups is 1. The molecule has 0 aromatic carbocycles. The second-order valence-electron chi connectivity index (χ2n) is 8.96. The van der Waals surface area contributed by atoms with Crippen LogP contribution in [0.2, 0.25) is 0 Å². The van der Waals surface area contributed by atoms with E-state index in [1.165, 1.54) is 25.8 Å². The van der Waals surface area contributed by atoms with Gasteiger partial charge < -0.3 is 10.1 Å². The maximum Gasteiger partial charge on any atom is 0.253 e. The zero-order valence-corrected chi connectivity index (χ0v) is 15.8. The minimum Gasteiger partial charge on any atom is -0.370 e. The number of amides is 1. The van der Waals surface area contributed by atoms with Gasteiger partial charge in [-0.15, -0.1) is 0 Å². The third kappa shape index (κ3) is 2.76. The summed E-state index contributed by atoms with van der Waals surface area (Å²) in [5.41, 5.74) is 2.52. The van der Waals surface area contributed by atoms with Crippen molar-refractivity contribution in [3.63, 3.8) is 0 Å². The molecule has 3 saturated heterocycles. The number of pyridine rings is 1. The molecule has 26 heavy (non-hydrogen) atoms. The molecular weight excluding hydrogens is 326 g/mol. The summed E-state index contributed by atoms with van der Waals surface area (Å²) in [5.74, 6) is 1.96. The Hall–Kier alpha value is -1.46. The van der Waals surface area contributed by atoms with Gasteiger partial charge in [-0.2, -0.15) is 0 Å². The molecule has 1 spiro atoms. The minimum atomic E-state index is -0.000318. The molecule has 140 valence electrons. The third-order valence-electron chi connectivity index (χ3n) is 7.04. The quantitative estimate of drug-likeness (QED) is 0.881. The van der Waals surface area contributed by atoms with Crippen LogP contribution in [-0.4, -0.2) is 53.7 Å². The van der Waals surface area contributed by atoms with Crippen molar-refractivity contribution in [3.05, 3.63) is 29.1 Å². The van der Waals surface area contributed by atoms with Crippen molar-refractivity contribution in [2.45, 2.75) is 51.2 Å². The number of ether oxygens (including phenoxy) is 1. The van der Waals surface area contributed by atoms with Crippen molar-refractivity contribution in [2.75, 3.05) is 26.2 Å². The molecule has 1 aromatic rings. The van der Waals surface area contributed by atoms with Crippen molar-refractivity contribution < 1.29 is 9.53 Å². The number of fused-ring (bicyclic) bond motifs is 1. The van der Waals surface area contributed by atoms with Crippen molar-refractivity contribution in [1.29, 1.82) is 0 Å². The first-order chi connectivity index (χ1) is 12.5. The average molecular weight is 355 g/mol. The molecule has 5 heteroatoms. The average Bonchev–Trinajstić information content (AvgIpc) is 3.09. The topological polar surface area (TPSA) is 54.5 Å². The molecule has 5 rings (SSSR count). The van der Waals surface area contributed by atoms with Gasteiger partial charge in [-0.05, 0) is 57.6 Å². The Morgan fingerprint density at radius 1 is 1.35 bits per heavy atom. The predicted octanol–water partition coefficient (Wildman–Crippen LogP) is 2.32. The van der Waals surface area contributed by atoms with E-state index in [1.54, 1.807) is 0 Å². The van der Waals surface area contributed by atoms with Gasteiger partial charge in [0.1, 0.15) is 0 Å². The predicted molar refractivity (Wildman–Crippen MR) is 99.0 cm³/mol. The highest BCUT2D eigenvalue weighted by molar-refractivity contribution is 5.95. The summed E-state index contributed by atoms with van der Waals surface area (Å²) in [4.78, 5) is 19.7. The summed E-state index contributed by atoms with van der Waals surface area (Å²) in [7, 11) is 0. The van der Waals surface area contributed by atoms with E-state index in [0.717, 1.165) is 43.4 Å². The number of aromatic nitrogens is 1. The van der Waals surface area contributed by atoms with Crippen molar-refractivity contribution >= 4 is 5.91 Å². The van der Waals surface area contributed by atoms with Crippen LogP contribution in [-0.2, 0) is 4.74 Å². The molecule has 0 unspecified atom stereocenters. The highest BCUT2D eigenvalue weighted by Crippen LogP contribution is 2.55. The summed E-state index contributed by atoms with van der Waals surface area (Å²) in [5, 5.41) is 3.19. The molecule has 4 heterocycles. The van der Waals surface area contributed by atoms with Gasteiger partial charge in [-0.25, -0.2) is 0 Å². The maximum atomic E-state index is 12.6. The highest BCUT2D eigenvalue weighted by Gasteiger charge is 2.62. The highest BCUT2D eigenvalue weighted by atomic mass is 16.5. The van der Waals surface area contributed by atoms with Gasteiger partial charge >= 0.3 is 0 Å². The number of rotatable bonds is 5. The minimum absolute atomic E-state index is 0.000318. The molecule has 1 aromatic heterocycles. The van der Waals surface area contributed by atoms with E-state index in [-0.39, 0.29) is 11.5 Å². The summed E-state index contributed by atoms with van der Waals surface area (Å²) in [6.45, 7) is 8.09. The molecule has 1 N–H and O–H groups in total. The fraction of sp³-hybridized carbons (Fsp3) is 0.714. The maximum absolute atomic E-state index is 12.6. The fourth-order valence-corrected chi connectivity index (χ4v) is 5.60. The molecule has 1 saturated carbocycles. The molecule has 2 bridgehead atoms. The number of hydrogen-bond donors (Lipinski definition) is 1. The molecule has 4 aliphatic rings. The normalized spacial score (nSPS) is 35.7. The van der Waals surface area contributed by atoms with Crippen LogP contribution in [0.3, 0.4) is 0 Å². The summed E-state index contributed by atoms with van der Waals surface area (Å²) < 4.78 is 6.50. The molecule has 4 fully saturated rings. The number of hydrogen-bond acceptors (Lipinski definition) is 4. The van der Waals surface area contributed by atoms with E-state index in [2.05, 4.69) is 15.2 Å². The lowest BCUT2D eigenvalue weighted by Gasteiger charge is -2.29. The van der Waals surface area contributed by atoms with E-state index >= 15 is 0 Å². The molecule has 5 nitrogen and oxygen atoms in total. The van der Waals surface area contributed by atoms with Crippen LogP contribution in [0.1, 0.15) is 47.4 Å². The van der Waals surface area contributed by atoms with Crippen LogP contribution < -0.4 is 5.32 Å². The Morgan fingerprint density at radius 3 is 2.96 bits per heavy atom. The fourth-order valence-electron chi connectivity index (χ4n) is 5.60. The summed E-state index contributed by atoms with van der Waals surface area (Å²) in [6, 6.07) is 3.79. The first-order valence-corrected chi connectivity index (χ1v) is 10.2. The molecule has 0 radical (unpaired) electrons. The van der Waals surface area contributed by atoms with E-state index in [0.29, 0.717) is 23.5 Å². The van der Waals surface area contributed by atoms with E-state index in [1.807, 2.05) is 26.0 Å². The number of nitrogens with zero attached hydrogens (tertiary/aromatic N) is 2. The van der Waals surface area contributed by atoms with E-state index in [4.69, 9.17) is 4.74 Å². The zero-order chi connectivity index (χ0) is 17.9. The number of likely N-dealkylation sites (tertiary alicyclic amines) is 1. The Labute approximate surface area is 155 Å². The SMILES string of the molecule is Cc1ccc(C(=O)NC[C@H]2[C@H]3CN(CC4CC4)C[C@]34CC[C@H]2O4)c(C)n1. The van der Waals surface area contributed by atoms with Crippen molar-refractivity contribution in [3.8, 4) is 0 Å². The Bertz CT molecular complexity index is 732. The molecule has 3 aliphatic heterocycles. The van der Waals surface area contributed by atoms with Crippen LogP contribution >= 0.6 is 0 Å². The van der Waals surface area contributed by atoms with Gasteiger partial charge in [-0.1, -0.05) is 0 Å². The second-order valence-corrected chi connectivity index (χ2v) is 8.96.